The molecular formula is C13H15ClN2O. The fraction of sp³-hybridized carbons (Fsp3) is 0.385. The van der Waals surface area contributed by atoms with Crippen molar-refractivity contribution in [1.82, 2.24) is 0 Å². The van der Waals surface area contributed by atoms with Crippen LogP contribution < -0.4 is 5.32 Å². The number of nitriles is 1. The molecular weight excluding hydrogens is 236 g/mol. The van der Waals surface area contributed by atoms with E-state index in [1.165, 1.54) is 0 Å². The predicted molar refractivity (Wildman–Crippen MR) is 68.9 cm³/mol. The second-order valence-electron chi connectivity index (χ2n) is 4.07. The molecule has 0 radical (unpaired) electrons. The van der Waals surface area contributed by atoms with Crippen molar-refractivity contribution in [3.63, 3.8) is 0 Å². The lowest BCUT2D eigenvalue weighted by Gasteiger charge is -2.10. The van der Waals surface area contributed by atoms with Crippen molar-refractivity contribution in [3.05, 3.63) is 28.8 Å². The van der Waals surface area contributed by atoms with Crippen LogP contribution in [0.15, 0.2) is 18.2 Å². The summed E-state index contributed by atoms with van der Waals surface area (Å²) in [6, 6.07) is 6.82. The lowest BCUT2D eigenvalue weighted by Crippen LogP contribution is -2.15. The molecule has 1 aromatic carbocycles. The number of nitrogens with zero attached hydrogens (tertiary/aromatic N) is 1. The lowest BCUT2D eigenvalue weighted by atomic mass is 10.0. The smallest absolute Gasteiger partial charge is 0.224 e. The molecule has 3 nitrogen and oxygen atoms in total. The molecule has 0 aliphatic carbocycles. The summed E-state index contributed by atoms with van der Waals surface area (Å²) < 4.78 is 0. The zero-order valence-electron chi connectivity index (χ0n) is 9.96. The number of rotatable bonds is 4. The highest BCUT2D eigenvalue weighted by atomic mass is 35.5. The number of amides is 1. The van der Waals surface area contributed by atoms with Gasteiger partial charge in [-0.05, 0) is 24.1 Å². The van der Waals surface area contributed by atoms with Crippen molar-refractivity contribution in [2.24, 2.45) is 5.92 Å². The van der Waals surface area contributed by atoms with Crippen LogP contribution in [0.4, 0.5) is 5.69 Å². The van der Waals surface area contributed by atoms with E-state index in [1.807, 2.05) is 19.9 Å². The highest BCUT2D eigenvalue weighted by Gasteiger charge is 2.10. The standard InChI is InChI=1S/C13H15ClN2O/c1-3-9(2)6-13(17)16-12-7-10(8-15)4-5-11(12)14/h4-5,7,9H,3,6H2,1-2H3,(H,16,17). The summed E-state index contributed by atoms with van der Waals surface area (Å²) in [6.45, 7) is 4.06. The minimum absolute atomic E-state index is 0.0728. The molecule has 4 heteroatoms. The first-order chi connectivity index (χ1) is 8.06. The number of hydrogen-bond donors (Lipinski definition) is 1. The Kier molecular flexibility index (Phi) is 4.99. The highest BCUT2D eigenvalue weighted by Crippen LogP contribution is 2.23. The van der Waals surface area contributed by atoms with E-state index in [-0.39, 0.29) is 5.91 Å². The van der Waals surface area contributed by atoms with E-state index in [2.05, 4.69) is 5.32 Å². The maximum atomic E-state index is 11.7. The monoisotopic (exact) mass is 250 g/mol. The second-order valence-corrected chi connectivity index (χ2v) is 4.48. The fourth-order valence-corrected chi connectivity index (χ4v) is 1.52. The summed E-state index contributed by atoms with van der Waals surface area (Å²) in [7, 11) is 0. The van der Waals surface area contributed by atoms with E-state index in [1.54, 1.807) is 18.2 Å². The van der Waals surface area contributed by atoms with Crippen LogP contribution >= 0.6 is 11.6 Å². The number of hydrogen-bond acceptors (Lipinski definition) is 2. The molecule has 0 aliphatic heterocycles. The van der Waals surface area contributed by atoms with Gasteiger partial charge in [0.1, 0.15) is 0 Å². The molecule has 0 bridgehead atoms. The molecule has 1 atom stereocenters. The number of carbonyl (C=O) groups is 1. The second kappa shape index (κ2) is 6.27. The minimum Gasteiger partial charge on any atom is -0.325 e. The van der Waals surface area contributed by atoms with Crippen LogP contribution in [0.25, 0.3) is 0 Å². The lowest BCUT2D eigenvalue weighted by molar-refractivity contribution is -0.117. The Hall–Kier alpha value is -1.53. The molecule has 0 saturated heterocycles. The summed E-state index contributed by atoms with van der Waals surface area (Å²) in [5.41, 5.74) is 0.979. The Balaban J connectivity index is 2.74. The van der Waals surface area contributed by atoms with Crippen LogP contribution in [0.1, 0.15) is 32.3 Å². The summed E-state index contributed by atoms with van der Waals surface area (Å²) in [5.74, 6) is 0.268. The Morgan fingerprint density at radius 3 is 2.88 bits per heavy atom. The van der Waals surface area contributed by atoms with E-state index >= 15 is 0 Å². The number of halogens is 1. The van der Waals surface area contributed by atoms with Gasteiger partial charge in [-0.3, -0.25) is 4.79 Å². The number of benzene rings is 1. The summed E-state index contributed by atoms with van der Waals surface area (Å²) in [5, 5.41) is 11.9. The number of carbonyl (C=O) groups excluding carboxylic acids is 1. The van der Waals surface area contributed by atoms with Crippen molar-refractivity contribution in [2.75, 3.05) is 5.32 Å². The Morgan fingerprint density at radius 1 is 1.59 bits per heavy atom. The van der Waals surface area contributed by atoms with Gasteiger partial charge in [-0.1, -0.05) is 31.9 Å². The maximum Gasteiger partial charge on any atom is 0.224 e. The van der Waals surface area contributed by atoms with E-state index in [0.29, 0.717) is 28.6 Å². The molecule has 1 unspecified atom stereocenters. The molecule has 1 aromatic rings. The molecule has 1 N–H and O–H groups in total. The molecule has 0 spiro atoms. The van der Waals surface area contributed by atoms with Gasteiger partial charge in [0.05, 0.1) is 22.3 Å². The molecule has 0 heterocycles. The van der Waals surface area contributed by atoms with Gasteiger partial charge in [0.25, 0.3) is 0 Å². The first-order valence-electron chi connectivity index (χ1n) is 5.56. The zero-order chi connectivity index (χ0) is 12.8. The van der Waals surface area contributed by atoms with Crippen molar-refractivity contribution >= 4 is 23.2 Å². The van der Waals surface area contributed by atoms with Crippen LogP contribution in [0.5, 0.6) is 0 Å². The van der Waals surface area contributed by atoms with Crippen molar-refractivity contribution in [2.45, 2.75) is 26.7 Å². The first-order valence-corrected chi connectivity index (χ1v) is 5.94. The highest BCUT2D eigenvalue weighted by molar-refractivity contribution is 6.33. The third kappa shape index (κ3) is 4.08. The fourth-order valence-electron chi connectivity index (χ4n) is 1.35. The first kappa shape index (κ1) is 13.5. The van der Waals surface area contributed by atoms with E-state index in [0.717, 1.165) is 6.42 Å². The van der Waals surface area contributed by atoms with Crippen LogP contribution in [0.2, 0.25) is 5.02 Å². The van der Waals surface area contributed by atoms with Crippen molar-refractivity contribution in [3.8, 4) is 6.07 Å². The SMILES string of the molecule is CCC(C)CC(=O)Nc1cc(C#N)ccc1Cl. The van der Waals surface area contributed by atoms with Crippen LogP contribution in [0, 0.1) is 17.2 Å². The third-order valence-electron chi connectivity index (χ3n) is 2.60. The van der Waals surface area contributed by atoms with Gasteiger partial charge in [0, 0.05) is 6.42 Å². The average Bonchev–Trinajstić information content (AvgIpc) is 2.31. The van der Waals surface area contributed by atoms with E-state index in [4.69, 9.17) is 16.9 Å². The van der Waals surface area contributed by atoms with Gasteiger partial charge in [-0.2, -0.15) is 5.26 Å². The van der Waals surface area contributed by atoms with Crippen LogP contribution in [0.3, 0.4) is 0 Å². The van der Waals surface area contributed by atoms with Gasteiger partial charge >= 0.3 is 0 Å². The minimum atomic E-state index is -0.0728. The zero-order valence-corrected chi connectivity index (χ0v) is 10.7. The summed E-state index contributed by atoms with van der Waals surface area (Å²) in [6.07, 6.45) is 1.42. The van der Waals surface area contributed by atoms with Gasteiger partial charge in [0.2, 0.25) is 5.91 Å². The average molecular weight is 251 g/mol. The predicted octanol–water partition coefficient (Wildman–Crippen LogP) is 3.59. The molecule has 0 saturated carbocycles. The molecule has 1 amide bonds. The molecule has 0 aromatic heterocycles. The Bertz CT molecular complexity index is 451. The largest absolute Gasteiger partial charge is 0.325 e. The van der Waals surface area contributed by atoms with Gasteiger partial charge in [0.15, 0.2) is 0 Å². The normalized spacial score (nSPS) is 11.6. The number of anilines is 1. The van der Waals surface area contributed by atoms with Crippen molar-refractivity contribution < 1.29 is 4.79 Å². The third-order valence-corrected chi connectivity index (χ3v) is 2.93. The number of nitrogens with one attached hydrogen (secondary N) is 1. The summed E-state index contributed by atoms with van der Waals surface area (Å²) in [4.78, 5) is 11.7. The Morgan fingerprint density at radius 2 is 2.29 bits per heavy atom. The van der Waals surface area contributed by atoms with E-state index in [9.17, 15) is 4.79 Å². The molecule has 17 heavy (non-hydrogen) atoms. The van der Waals surface area contributed by atoms with Gasteiger partial charge in [-0.15, -0.1) is 0 Å². The molecule has 0 fully saturated rings. The molecule has 0 aliphatic rings. The topological polar surface area (TPSA) is 52.9 Å². The van der Waals surface area contributed by atoms with Gasteiger partial charge < -0.3 is 5.32 Å². The van der Waals surface area contributed by atoms with Crippen molar-refractivity contribution in [1.29, 1.82) is 5.26 Å². The summed E-state index contributed by atoms with van der Waals surface area (Å²) >= 11 is 5.94. The van der Waals surface area contributed by atoms with Crippen LogP contribution in [-0.2, 0) is 4.79 Å². The quantitative estimate of drug-likeness (QED) is 0.888. The Labute approximate surface area is 106 Å². The molecule has 90 valence electrons. The van der Waals surface area contributed by atoms with Gasteiger partial charge in [-0.25, -0.2) is 0 Å². The van der Waals surface area contributed by atoms with Crippen LogP contribution in [-0.4, -0.2) is 5.91 Å². The molecule has 1 rings (SSSR count). The maximum absolute atomic E-state index is 11.7. The van der Waals surface area contributed by atoms with E-state index < -0.39 is 0 Å².